The van der Waals surface area contributed by atoms with Crippen LogP contribution in [-0.4, -0.2) is 36.4 Å². The van der Waals surface area contributed by atoms with Crippen molar-refractivity contribution in [3.63, 3.8) is 0 Å². The zero-order valence-electron chi connectivity index (χ0n) is 11.2. The predicted molar refractivity (Wildman–Crippen MR) is 78.7 cm³/mol. The molecule has 3 heterocycles. The standard InChI is InChI=1S/C12H8N2.C4H8O2/c1-3-9-5-6-10-4-2-8-14-12(10)11(9)13-7-1;1-2-6-4-3-5-1/h1-8H;1-4H2. The summed E-state index contributed by atoms with van der Waals surface area (Å²) in [5.41, 5.74) is 1.95. The molecule has 4 rings (SSSR count). The minimum atomic E-state index is 0.778. The molecule has 4 heteroatoms. The lowest BCUT2D eigenvalue weighted by atomic mass is 10.1. The monoisotopic (exact) mass is 268 g/mol. The van der Waals surface area contributed by atoms with Crippen molar-refractivity contribution in [1.82, 2.24) is 9.97 Å². The van der Waals surface area contributed by atoms with Crippen LogP contribution in [0.4, 0.5) is 0 Å². The van der Waals surface area contributed by atoms with Crippen LogP contribution in [0.15, 0.2) is 48.8 Å². The molecule has 0 bridgehead atoms. The first kappa shape index (κ1) is 13.0. The maximum absolute atomic E-state index is 4.94. The minimum Gasteiger partial charge on any atom is -0.377 e. The number of pyridine rings is 2. The Morgan fingerprint density at radius 3 is 1.50 bits per heavy atom. The summed E-state index contributed by atoms with van der Waals surface area (Å²) in [5.74, 6) is 0. The topological polar surface area (TPSA) is 44.2 Å². The molecule has 1 aliphatic heterocycles. The largest absolute Gasteiger partial charge is 0.377 e. The van der Waals surface area contributed by atoms with Crippen molar-refractivity contribution in [2.24, 2.45) is 0 Å². The number of hydrogen-bond acceptors (Lipinski definition) is 4. The highest BCUT2D eigenvalue weighted by molar-refractivity contribution is 6.02. The molecule has 4 nitrogen and oxygen atoms in total. The zero-order valence-corrected chi connectivity index (χ0v) is 11.2. The molecular formula is C16H16N2O2. The summed E-state index contributed by atoms with van der Waals surface area (Å²) in [7, 11) is 0. The second kappa shape index (κ2) is 6.41. The molecule has 1 aromatic carbocycles. The van der Waals surface area contributed by atoms with E-state index in [-0.39, 0.29) is 0 Å². The van der Waals surface area contributed by atoms with Crippen LogP contribution < -0.4 is 0 Å². The summed E-state index contributed by atoms with van der Waals surface area (Å²) in [6.07, 6.45) is 3.60. The van der Waals surface area contributed by atoms with Gasteiger partial charge in [-0.25, -0.2) is 0 Å². The van der Waals surface area contributed by atoms with E-state index in [1.807, 2.05) is 12.1 Å². The molecule has 2 aromatic heterocycles. The number of aromatic nitrogens is 2. The quantitative estimate of drug-likeness (QED) is 0.588. The second-order valence-corrected chi connectivity index (χ2v) is 4.44. The zero-order chi connectivity index (χ0) is 13.6. The van der Waals surface area contributed by atoms with Crippen molar-refractivity contribution >= 4 is 21.8 Å². The molecule has 0 aliphatic carbocycles. The average molecular weight is 268 g/mol. The average Bonchev–Trinajstić information content (AvgIpc) is 2.57. The minimum absolute atomic E-state index is 0.778. The summed E-state index contributed by atoms with van der Waals surface area (Å²) >= 11 is 0. The van der Waals surface area contributed by atoms with Gasteiger partial charge < -0.3 is 9.47 Å². The Kier molecular flexibility index (Phi) is 4.16. The van der Waals surface area contributed by atoms with Crippen molar-refractivity contribution in [2.45, 2.75) is 0 Å². The molecule has 0 amide bonds. The molecule has 0 radical (unpaired) electrons. The Balaban J connectivity index is 0.000000170. The van der Waals surface area contributed by atoms with Gasteiger partial charge in [0.1, 0.15) is 0 Å². The Hall–Kier alpha value is -2.04. The lowest BCUT2D eigenvalue weighted by Crippen LogP contribution is -2.16. The highest BCUT2D eigenvalue weighted by atomic mass is 16.6. The van der Waals surface area contributed by atoms with Crippen LogP contribution in [0.2, 0.25) is 0 Å². The maximum atomic E-state index is 4.94. The highest BCUT2D eigenvalue weighted by Gasteiger charge is 2.00. The summed E-state index contributed by atoms with van der Waals surface area (Å²) in [6.45, 7) is 3.11. The molecule has 0 N–H and O–H groups in total. The number of nitrogens with zero attached hydrogens (tertiary/aromatic N) is 2. The molecule has 0 saturated carbocycles. The van der Waals surface area contributed by atoms with E-state index in [1.165, 1.54) is 0 Å². The smallest absolute Gasteiger partial charge is 0.0964 e. The molecule has 1 fully saturated rings. The Morgan fingerprint density at radius 2 is 1.10 bits per heavy atom. The van der Waals surface area contributed by atoms with Crippen molar-refractivity contribution in [1.29, 1.82) is 0 Å². The van der Waals surface area contributed by atoms with Gasteiger partial charge in [0.2, 0.25) is 0 Å². The van der Waals surface area contributed by atoms with Gasteiger partial charge in [-0.15, -0.1) is 0 Å². The summed E-state index contributed by atoms with van der Waals surface area (Å²) in [4.78, 5) is 8.69. The first-order chi connectivity index (χ1) is 9.95. The van der Waals surface area contributed by atoms with Gasteiger partial charge in [-0.05, 0) is 12.1 Å². The maximum Gasteiger partial charge on any atom is 0.0964 e. The lowest BCUT2D eigenvalue weighted by Gasteiger charge is -2.09. The van der Waals surface area contributed by atoms with Crippen LogP contribution in [-0.2, 0) is 9.47 Å². The van der Waals surface area contributed by atoms with E-state index < -0.39 is 0 Å². The second-order valence-electron chi connectivity index (χ2n) is 4.44. The van der Waals surface area contributed by atoms with Gasteiger partial charge in [0.15, 0.2) is 0 Å². The fraction of sp³-hybridized carbons (Fsp3) is 0.250. The van der Waals surface area contributed by atoms with E-state index in [1.54, 1.807) is 12.4 Å². The van der Waals surface area contributed by atoms with Crippen LogP contribution in [0.3, 0.4) is 0 Å². The molecular weight excluding hydrogens is 252 g/mol. The van der Waals surface area contributed by atoms with Crippen LogP contribution in [0, 0.1) is 0 Å². The normalized spacial score (nSPS) is 14.8. The Labute approximate surface area is 117 Å². The predicted octanol–water partition coefficient (Wildman–Crippen LogP) is 2.82. The third-order valence-electron chi connectivity index (χ3n) is 3.09. The van der Waals surface area contributed by atoms with Gasteiger partial charge in [-0.1, -0.05) is 24.3 Å². The van der Waals surface area contributed by atoms with Crippen LogP contribution in [0.25, 0.3) is 21.8 Å². The van der Waals surface area contributed by atoms with E-state index in [0.29, 0.717) is 0 Å². The number of fused-ring (bicyclic) bond motifs is 3. The van der Waals surface area contributed by atoms with Gasteiger partial charge in [0.25, 0.3) is 0 Å². The number of rotatable bonds is 0. The number of ether oxygens (including phenoxy) is 2. The third kappa shape index (κ3) is 2.92. The summed E-state index contributed by atoms with van der Waals surface area (Å²) < 4.78 is 9.89. The van der Waals surface area contributed by atoms with Crippen molar-refractivity contribution in [3.05, 3.63) is 48.8 Å². The van der Waals surface area contributed by atoms with Gasteiger partial charge in [-0.3, -0.25) is 9.97 Å². The first-order valence-electron chi connectivity index (χ1n) is 6.69. The van der Waals surface area contributed by atoms with Gasteiger partial charge in [-0.2, -0.15) is 0 Å². The SMILES string of the molecule is C1COCCO1.c1cnc2c(c1)ccc1cccnc12. The molecule has 20 heavy (non-hydrogen) atoms. The van der Waals surface area contributed by atoms with E-state index in [0.717, 1.165) is 48.2 Å². The fourth-order valence-electron chi connectivity index (χ4n) is 2.12. The first-order valence-corrected chi connectivity index (χ1v) is 6.69. The molecule has 102 valence electrons. The van der Waals surface area contributed by atoms with Crippen LogP contribution in [0.5, 0.6) is 0 Å². The lowest BCUT2D eigenvalue weighted by molar-refractivity contribution is -0.0334. The molecule has 0 spiro atoms. The van der Waals surface area contributed by atoms with E-state index in [2.05, 4.69) is 34.2 Å². The van der Waals surface area contributed by atoms with E-state index >= 15 is 0 Å². The van der Waals surface area contributed by atoms with Crippen molar-refractivity contribution in [2.75, 3.05) is 26.4 Å². The van der Waals surface area contributed by atoms with Crippen LogP contribution >= 0.6 is 0 Å². The van der Waals surface area contributed by atoms with Gasteiger partial charge in [0.05, 0.1) is 37.5 Å². The van der Waals surface area contributed by atoms with Gasteiger partial charge in [0, 0.05) is 23.2 Å². The Morgan fingerprint density at radius 1 is 0.650 bits per heavy atom. The summed E-state index contributed by atoms with van der Waals surface area (Å²) in [5, 5.41) is 2.28. The molecule has 1 aliphatic rings. The molecule has 0 atom stereocenters. The molecule has 0 unspecified atom stereocenters. The van der Waals surface area contributed by atoms with Gasteiger partial charge >= 0.3 is 0 Å². The summed E-state index contributed by atoms with van der Waals surface area (Å²) in [6, 6.07) is 12.1. The molecule has 1 saturated heterocycles. The van der Waals surface area contributed by atoms with Crippen molar-refractivity contribution < 1.29 is 9.47 Å². The third-order valence-corrected chi connectivity index (χ3v) is 3.09. The van der Waals surface area contributed by atoms with Crippen molar-refractivity contribution in [3.8, 4) is 0 Å². The fourth-order valence-corrected chi connectivity index (χ4v) is 2.12. The van der Waals surface area contributed by atoms with E-state index in [9.17, 15) is 0 Å². The van der Waals surface area contributed by atoms with Crippen LogP contribution in [0.1, 0.15) is 0 Å². The highest BCUT2D eigenvalue weighted by Crippen LogP contribution is 2.20. The number of benzene rings is 1. The number of hydrogen-bond donors (Lipinski definition) is 0. The Bertz CT molecular complexity index is 630. The molecule has 3 aromatic rings. The van der Waals surface area contributed by atoms with E-state index in [4.69, 9.17) is 9.47 Å².